The van der Waals surface area contributed by atoms with Gasteiger partial charge in [0.15, 0.2) is 0 Å². The van der Waals surface area contributed by atoms with Crippen LogP contribution in [0.2, 0.25) is 0 Å². The van der Waals surface area contributed by atoms with E-state index < -0.39 is 58.9 Å². The number of nitrogen functional groups attached to an aromatic ring is 2. The molecule has 0 bridgehead atoms. The lowest BCUT2D eigenvalue weighted by molar-refractivity contribution is -0.142. The predicted octanol–water partition coefficient (Wildman–Crippen LogP) is -0.454. The molecule has 0 fully saturated rings. The zero-order valence-electron chi connectivity index (χ0n) is 40.0. The number of nitrogens with zero attached hydrogens (tertiary/aromatic N) is 4. The summed E-state index contributed by atoms with van der Waals surface area (Å²) in [7, 11) is 8.35. The molecule has 28 heteroatoms. The standard InChI is InChI=1S/2C19H23N7O6.C6H16N2/c2*20-19-25-15-14(17(30)26-19)23-11(8-22-15)7-21-10-3-1-9(2-4-10)16(29)24-12(18(31)32)5-6-13(27)28;1-7(2)5-6-8(3)4/h2*1-4,11-12,21,23H,5-8H2,(H,24,29)(H,27,28)(H,31,32)(H4,20,22,25,26,30);5-6H2,1-4H3/t2*11-,12+;/m11./s1. The number of benzene rings is 2. The molecule has 2 amide bonds. The van der Waals surface area contributed by atoms with Gasteiger partial charge in [0, 0.05) is 74.6 Å². The fourth-order valence-corrected chi connectivity index (χ4v) is 6.62. The van der Waals surface area contributed by atoms with Gasteiger partial charge in [-0.2, -0.15) is 9.97 Å². The van der Waals surface area contributed by atoms with E-state index in [9.17, 15) is 38.4 Å². The fraction of sp³-hybridized carbons (Fsp3) is 0.409. The third kappa shape index (κ3) is 18.3. The van der Waals surface area contributed by atoms with Gasteiger partial charge in [-0.3, -0.25) is 28.8 Å². The first-order valence-electron chi connectivity index (χ1n) is 22.4. The van der Waals surface area contributed by atoms with E-state index in [1.807, 2.05) is 0 Å². The molecule has 72 heavy (non-hydrogen) atoms. The molecule has 4 heterocycles. The first-order valence-corrected chi connectivity index (χ1v) is 22.4. The van der Waals surface area contributed by atoms with Crippen molar-refractivity contribution < 1.29 is 49.2 Å². The van der Waals surface area contributed by atoms with Crippen LogP contribution >= 0.6 is 0 Å². The summed E-state index contributed by atoms with van der Waals surface area (Å²) >= 11 is 0. The summed E-state index contributed by atoms with van der Waals surface area (Å²) < 4.78 is 0. The molecule has 2 aromatic carbocycles. The number of likely N-dealkylation sites (N-methyl/N-ethyl adjacent to an activating group) is 2. The number of rotatable bonds is 21. The molecule has 0 aliphatic carbocycles. The lowest BCUT2D eigenvalue weighted by Crippen LogP contribution is -2.41. The Morgan fingerprint density at radius 1 is 0.611 bits per heavy atom. The Labute approximate surface area is 411 Å². The van der Waals surface area contributed by atoms with Crippen LogP contribution in [0.15, 0.2) is 58.1 Å². The van der Waals surface area contributed by atoms with Gasteiger partial charge in [-0.05, 0) is 89.6 Å². The van der Waals surface area contributed by atoms with Gasteiger partial charge in [-0.15, -0.1) is 0 Å². The van der Waals surface area contributed by atoms with Crippen LogP contribution in [0.5, 0.6) is 0 Å². The highest BCUT2D eigenvalue weighted by atomic mass is 16.4. The summed E-state index contributed by atoms with van der Waals surface area (Å²) in [6.45, 7) is 4.25. The zero-order chi connectivity index (χ0) is 53.1. The smallest absolute Gasteiger partial charge is 0.326 e. The molecule has 2 aliphatic rings. The zero-order valence-corrected chi connectivity index (χ0v) is 40.0. The number of fused-ring (bicyclic) bond motifs is 2. The molecule has 4 atom stereocenters. The largest absolute Gasteiger partial charge is 0.481 e. The molecule has 0 unspecified atom stereocenters. The van der Waals surface area contributed by atoms with Crippen LogP contribution in [0.4, 0.5) is 46.3 Å². The summed E-state index contributed by atoms with van der Waals surface area (Å²) in [5.41, 5.74) is 12.6. The molecule has 0 saturated heterocycles. The molecule has 2 aromatic heterocycles. The van der Waals surface area contributed by atoms with E-state index in [1.54, 1.807) is 24.3 Å². The Bertz CT molecular complexity index is 2450. The van der Waals surface area contributed by atoms with Crippen molar-refractivity contribution in [3.05, 3.63) is 80.4 Å². The Hall–Kier alpha value is -8.66. The Morgan fingerprint density at radius 2 is 0.958 bits per heavy atom. The quantitative estimate of drug-likeness (QED) is 0.0502. The Balaban J connectivity index is 0.000000271. The average Bonchev–Trinajstić information content (AvgIpc) is 3.32. The summed E-state index contributed by atoms with van der Waals surface area (Å²) in [5, 5.41) is 59.1. The number of H-pyrrole nitrogens is 2. The predicted molar refractivity (Wildman–Crippen MR) is 269 cm³/mol. The summed E-state index contributed by atoms with van der Waals surface area (Å²) in [5.74, 6) is -5.09. The highest BCUT2D eigenvalue weighted by Gasteiger charge is 2.25. The van der Waals surface area contributed by atoms with Crippen molar-refractivity contribution in [3.8, 4) is 0 Å². The number of hydrogen-bond donors (Lipinski definition) is 16. The Morgan fingerprint density at radius 3 is 1.26 bits per heavy atom. The molecular formula is C44H62N16O12. The molecule has 18 N–H and O–H groups in total. The number of carbonyl (C=O) groups is 6. The molecule has 390 valence electrons. The number of aromatic amines is 2. The lowest BCUT2D eigenvalue weighted by Gasteiger charge is -2.27. The van der Waals surface area contributed by atoms with E-state index in [-0.39, 0.29) is 60.8 Å². The van der Waals surface area contributed by atoms with Crippen LogP contribution in [0, 0.1) is 0 Å². The highest BCUT2D eigenvalue weighted by molar-refractivity contribution is 5.97. The second-order valence-corrected chi connectivity index (χ2v) is 16.9. The van der Waals surface area contributed by atoms with Gasteiger partial charge in [0.1, 0.15) is 35.1 Å². The summed E-state index contributed by atoms with van der Waals surface area (Å²) in [4.78, 5) is 109. The number of carboxylic acid groups (broad SMARTS) is 4. The molecule has 0 spiro atoms. The number of hydrogen-bond acceptors (Lipinski definition) is 20. The molecular weight excluding hydrogens is 945 g/mol. The molecule has 0 radical (unpaired) electrons. The van der Waals surface area contributed by atoms with Crippen molar-refractivity contribution in [2.24, 2.45) is 0 Å². The first-order chi connectivity index (χ1) is 34.1. The van der Waals surface area contributed by atoms with Gasteiger partial charge < -0.3 is 94.2 Å². The highest BCUT2D eigenvalue weighted by Crippen LogP contribution is 2.22. The van der Waals surface area contributed by atoms with Gasteiger partial charge in [0.05, 0.1) is 12.1 Å². The lowest BCUT2D eigenvalue weighted by atomic mass is 10.1. The van der Waals surface area contributed by atoms with Gasteiger partial charge in [0.2, 0.25) is 11.9 Å². The molecule has 0 saturated carbocycles. The van der Waals surface area contributed by atoms with Crippen LogP contribution in [0.1, 0.15) is 46.4 Å². The van der Waals surface area contributed by atoms with E-state index in [0.717, 1.165) is 13.1 Å². The van der Waals surface area contributed by atoms with Crippen LogP contribution < -0.4 is 65.1 Å². The van der Waals surface area contributed by atoms with Gasteiger partial charge in [-0.1, -0.05) is 0 Å². The van der Waals surface area contributed by atoms with Crippen molar-refractivity contribution >= 4 is 82.0 Å². The van der Waals surface area contributed by atoms with Crippen molar-refractivity contribution in [2.45, 2.75) is 49.9 Å². The number of carbonyl (C=O) groups excluding carboxylic acids is 2. The summed E-state index contributed by atoms with van der Waals surface area (Å²) in [6, 6.07) is 9.87. The second kappa shape index (κ2) is 26.9. The van der Waals surface area contributed by atoms with Crippen LogP contribution in [0.3, 0.4) is 0 Å². The maximum Gasteiger partial charge on any atom is 0.326 e. The van der Waals surface area contributed by atoms with Crippen molar-refractivity contribution in [3.63, 3.8) is 0 Å². The van der Waals surface area contributed by atoms with Crippen LogP contribution in [0.25, 0.3) is 0 Å². The van der Waals surface area contributed by atoms with Gasteiger partial charge in [-0.25, -0.2) is 9.59 Å². The molecule has 28 nitrogen and oxygen atoms in total. The number of nitrogens with one attached hydrogen (secondary N) is 10. The third-order valence-corrected chi connectivity index (χ3v) is 10.5. The fourth-order valence-electron chi connectivity index (χ4n) is 6.62. The topological polar surface area (TPSA) is 430 Å². The number of carboxylic acids is 4. The summed E-state index contributed by atoms with van der Waals surface area (Å²) in [6.07, 6.45) is -1.17. The molecule has 6 rings (SSSR count). The van der Waals surface area contributed by atoms with E-state index in [2.05, 4.69) is 100 Å². The minimum atomic E-state index is -1.30. The van der Waals surface area contributed by atoms with E-state index in [1.165, 1.54) is 24.3 Å². The van der Waals surface area contributed by atoms with Crippen molar-refractivity contribution in [1.29, 1.82) is 0 Å². The third-order valence-electron chi connectivity index (χ3n) is 10.5. The number of amides is 2. The van der Waals surface area contributed by atoms with E-state index in [0.29, 0.717) is 60.6 Å². The Kier molecular flexibility index (Phi) is 20.9. The number of aliphatic carboxylic acids is 4. The monoisotopic (exact) mass is 1010 g/mol. The first kappa shape index (κ1) is 55.9. The SMILES string of the molecule is CN(C)CCN(C)C.Nc1nc(=O)c2c([nH]1)NC[C@@H](CNc1ccc(C(=O)N[C@@H](CCC(=O)O)C(=O)O)cc1)N2.Nc1nc(=O)c2c([nH]1)NC[C@@H](CNc1ccc(C(=O)N[C@@H](CCC(=O)O)C(=O)O)cc1)N2. The van der Waals surface area contributed by atoms with E-state index >= 15 is 0 Å². The maximum absolute atomic E-state index is 12.3. The van der Waals surface area contributed by atoms with Crippen LogP contribution in [-0.2, 0) is 19.2 Å². The minimum Gasteiger partial charge on any atom is -0.481 e. The van der Waals surface area contributed by atoms with Crippen molar-refractivity contribution in [1.82, 2.24) is 40.4 Å². The van der Waals surface area contributed by atoms with Crippen LogP contribution in [-0.4, -0.2) is 177 Å². The van der Waals surface area contributed by atoms with Gasteiger partial charge >= 0.3 is 23.9 Å². The van der Waals surface area contributed by atoms with Gasteiger partial charge in [0.25, 0.3) is 22.9 Å². The number of anilines is 8. The normalized spacial score (nSPS) is 15.0. The molecule has 2 aliphatic heterocycles. The maximum atomic E-state index is 12.3. The minimum absolute atomic E-state index is 0.0281. The number of nitrogens with two attached hydrogens (primary N) is 2. The van der Waals surface area contributed by atoms with E-state index in [4.69, 9.17) is 31.9 Å². The average molecular weight is 1010 g/mol. The molecule has 4 aromatic rings. The van der Waals surface area contributed by atoms with Crippen molar-refractivity contribution in [2.75, 3.05) is 111 Å². The second-order valence-electron chi connectivity index (χ2n) is 16.9. The number of aromatic nitrogens is 4.